The molecule has 59 valence electrons. The number of rotatable bonds is 0. The van der Waals surface area contributed by atoms with Gasteiger partial charge in [-0.1, -0.05) is 29.8 Å². The quantitative estimate of drug-likeness (QED) is 0.598. The molecule has 1 amide bonds. The van der Waals surface area contributed by atoms with Crippen molar-refractivity contribution in [3.05, 3.63) is 41.6 Å². The molecule has 12 heavy (non-hydrogen) atoms. The third kappa shape index (κ3) is 1.01. The van der Waals surface area contributed by atoms with E-state index >= 15 is 0 Å². The molecule has 1 aromatic rings. The molecule has 0 unspecified atom stereocenters. The van der Waals surface area contributed by atoms with E-state index in [2.05, 4.69) is 5.32 Å². The Hall–Kier alpha value is -1.28. The Kier molecular flexibility index (Phi) is 1.62. The van der Waals surface area contributed by atoms with Crippen molar-refractivity contribution >= 4 is 22.5 Å². The number of hydrogen-bond acceptors (Lipinski definition) is 1. The van der Waals surface area contributed by atoms with E-state index in [-0.39, 0.29) is 5.91 Å². The second kappa shape index (κ2) is 2.64. The summed E-state index contributed by atoms with van der Waals surface area (Å²) in [7, 11) is 0. The minimum Gasteiger partial charge on any atom is -0.267 e. The number of carbonyl (C=O) groups excluding carboxylic acids is 1. The summed E-state index contributed by atoms with van der Waals surface area (Å²) >= 11 is 5.83. The molecule has 0 atom stereocenters. The number of carbonyl (C=O) groups is 1. The lowest BCUT2D eigenvalue weighted by molar-refractivity contribution is 0.0964. The van der Waals surface area contributed by atoms with Crippen LogP contribution in [0, 0.1) is 0 Å². The van der Waals surface area contributed by atoms with Gasteiger partial charge in [0.05, 0.1) is 16.8 Å². The van der Waals surface area contributed by atoms with Crippen molar-refractivity contribution in [3.8, 4) is 0 Å². The maximum absolute atomic E-state index is 11.2. The minimum absolute atomic E-state index is 0.227. The molecule has 1 aliphatic heterocycles. The Balaban J connectivity index is 2.66. The van der Waals surface area contributed by atoms with Gasteiger partial charge in [-0.2, -0.15) is 0 Å². The Morgan fingerprint density at radius 1 is 1.17 bits per heavy atom. The van der Waals surface area contributed by atoms with Gasteiger partial charge < -0.3 is 0 Å². The number of hydrogen-bond donors (Lipinski definition) is 0. The van der Waals surface area contributed by atoms with Gasteiger partial charge in [0, 0.05) is 5.56 Å². The van der Waals surface area contributed by atoms with Crippen molar-refractivity contribution in [1.82, 2.24) is 5.32 Å². The first kappa shape index (κ1) is 7.37. The molecule has 0 N–H and O–H groups in total. The highest BCUT2D eigenvalue weighted by molar-refractivity contribution is 6.49. The van der Waals surface area contributed by atoms with E-state index in [9.17, 15) is 4.79 Å². The zero-order valence-corrected chi connectivity index (χ0v) is 6.88. The molecule has 1 aromatic carbocycles. The van der Waals surface area contributed by atoms with Crippen LogP contribution in [0.2, 0.25) is 0 Å². The summed E-state index contributed by atoms with van der Waals surface area (Å²) in [6.45, 7) is 0. The van der Waals surface area contributed by atoms with E-state index in [1.54, 1.807) is 18.2 Å². The lowest BCUT2D eigenvalue weighted by atomic mass is 10.0. The SMILES string of the molecule is O=C1[N]C=C(Cl)c2ccccc21. The van der Waals surface area contributed by atoms with Crippen molar-refractivity contribution in [1.29, 1.82) is 0 Å². The molecule has 1 aliphatic rings. The number of nitrogens with zero attached hydrogens (tertiary/aromatic N) is 1. The van der Waals surface area contributed by atoms with Crippen molar-refractivity contribution in [2.24, 2.45) is 0 Å². The summed E-state index contributed by atoms with van der Waals surface area (Å²) in [6, 6.07) is 7.16. The molecule has 0 aromatic heterocycles. The summed E-state index contributed by atoms with van der Waals surface area (Å²) in [4.78, 5) is 11.2. The summed E-state index contributed by atoms with van der Waals surface area (Å²) < 4.78 is 0. The molecule has 3 heteroatoms. The van der Waals surface area contributed by atoms with Crippen LogP contribution in [-0.4, -0.2) is 5.91 Å². The Morgan fingerprint density at radius 3 is 2.50 bits per heavy atom. The fourth-order valence-electron chi connectivity index (χ4n) is 1.13. The number of fused-ring (bicyclic) bond motifs is 1. The van der Waals surface area contributed by atoms with Gasteiger partial charge in [0.2, 0.25) is 0 Å². The average Bonchev–Trinajstić information content (AvgIpc) is 2.12. The highest BCUT2D eigenvalue weighted by Gasteiger charge is 2.17. The van der Waals surface area contributed by atoms with Crippen LogP contribution in [0.25, 0.3) is 5.03 Å². The molecule has 0 bridgehead atoms. The zero-order valence-electron chi connectivity index (χ0n) is 6.12. The molecular weight excluding hydrogens is 174 g/mol. The molecule has 2 nitrogen and oxygen atoms in total. The first-order valence-electron chi connectivity index (χ1n) is 3.49. The minimum atomic E-state index is -0.227. The van der Waals surface area contributed by atoms with Gasteiger partial charge in [0.25, 0.3) is 5.91 Å². The highest BCUT2D eigenvalue weighted by Crippen LogP contribution is 2.25. The molecule has 2 rings (SSSR count). The fraction of sp³-hybridized carbons (Fsp3) is 0. The van der Waals surface area contributed by atoms with Crippen LogP contribution < -0.4 is 5.32 Å². The maximum atomic E-state index is 11.2. The van der Waals surface area contributed by atoms with Crippen molar-refractivity contribution < 1.29 is 4.79 Å². The Bertz CT molecular complexity index is 371. The van der Waals surface area contributed by atoms with Crippen LogP contribution >= 0.6 is 11.6 Å². The summed E-state index contributed by atoms with van der Waals surface area (Å²) in [6.07, 6.45) is 1.38. The van der Waals surface area contributed by atoms with Gasteiger partial charge in [-0.3, -0.25) is 4.79 Å². The van der Waals surface area contributed by atoms with Crippen LogP contribution in [0.1, 0.15) is 15.9 Å². The summed E-state index contributed by atoms with van der Waals surface area (Å²) in [5, 5.41) is 4.14. The predicted molar refractivity (Wildman–Crippen MR) is 46.7 cm³/mol. The monoisotopic (exact) mass is 178 g/mol. The molecule has 0 fully saturated rings. The van der Waals surface area contributed by atoms with Crippen LogP contribution in [0.3, 0.4) is 0 Å². The van der Waals surface area contributed by atoms with Gasteiger partial charge in [0.1, 0.15) is 0 Å². The van der Waals surface area contributed by atoms with E-state index in [1.165, 1.54) is 6.20 Å². The van der Waals surface area contributed by atoms with E-state index in [4.69, 9.17) is 11.6 Å². The van der Waals surface area contributed by atoms with Crippen molar-refractivity contribution in [2.45, 2.75) is 0 Å². The predicted octanol–water partition coefficient (Wildman–Crippen LogP) is 1.98. The van der Waals surface area contributed by atoms with Crippen molar-refractivity contribution in [3.63, 3.8) is 0 Å². The molecule has 1 radical (unpaired) electrons. The first-order chi connectivity index (χ1) is 5.79. The van der Waals surface area contributed by atoms with Gasteiger partial charge in [-0.25, -0.2) is 5.32 Å². The number of amides is 1. The average molecular weight is 179 g/mol. The first-order valence-corrected chi connectivity index (χ1v) is 3.87. The van der Waals surface area contributed by atoms with E-state index in [0.29, 0.717) is 10.6 Å². The largest absolute Gasteiger partial charge is 0.277 e. The lowest BCUT2D eigenvalue weighted by Crippen LogP contribution is -2.16. The summed E-state index contributed by atoms with van der Waals surface area (Å²) in [5.74, 6) is -0.227. The molecule has 1 heterocycles. The number of benzene rings is 1. The molecule has 0 saturated heterocycles. The van der Waals surface area contributed by atoms with Gasteiger partial charge in [-0.15, -0.1) is 0 Å². The van der Waals surface area contributed by atoms with E-state index in [0.717, 1.165) is 5.56 Å². The third-order valence-electron chi connectivity index (χ3n) is 1.71. The fourth-order valence-corrected chi connectivity index (χ4v) is 1.35. The van der Waals surface area contributed by atoms with Crippen LogP contribution in [0.4, 0.5) is 0 Å². The zero-order chi connectivity index (χ0) is 8.55. The normalized spacial score (nSPS) is 14.8. The van der Waals surface area contributed by atoms with E-state index in [1.807, 2.05) is 6.07 Å². The van der Waals surface area contributed by atoms with E-state index < -0.39 is 0 Å². The smallest absolute Gasteiger partial charge is 0.267 e. The maximum Gasteiger partial charge on any atom is 0.277 e. The second-order valence-corrected chi connectivity index (χ2v) is 2.86. The van der Waals surface area contributed by atoms with Gasteiger partial charge in [-0.05, 0) is 6.07 Å². The Morgan fingerprint density at radius 2 is 1.83 bits per heavy atom. The standard InChI is InChI=1S/C9H5ClNO/c10-8-5-11-9(12)7-4-2-1-3-6(7)8/h1-5H. The van der Waals surface area contributed by atoms with Gasteiger partial charge in [0.15, 0.2) is 0 Å². The topological polar surface area (TPSA) is 31.2 Å². The van der Waals surface area contributed by atoms with Crippen molar-refractivity contribution in [2.75, 3.05) is 0 Å². The van der Waals surface area contributed by atoms with Crippen LogP contribution in [0.15, 0.2) is 30.5 Å². The highest BCUT2D eigenvalue weighted by atomic mass is 35.5. The van der Waals surface area contributed by atoms with Crippen LogP contribution in [-0.2, 0) is 0 Å². The molecule has 0 spiro atoms. The second-order valence-electron chi connectivity index (χ2n) is 2.46. The molecule has 0 saturated carbocycles. The Labute approximate surface area is 74.8 Å². The third-order valence-corrected chi connectivity index (χ3v) is 2.01. The number of halogens is 1. The molecular formula is C9H5ClNO. The lowest BCUT2D eigenvalue weighted by Gasteiger charge is -2.10. The van der Waals surface area contributed by atoms with Crippen LogP contribution in [0.5, 0.6) is 0 Å². The summed E-state index contributed by atoms with van der Waals surface area (Å²) in [5.41, 5.74) is 1.34. The molecule has 0 aliphatic carbocycles. The van der Waals surface area contributed by atoms with Gasteiger partial charge >= 0.3 is 0 Å².